The second kappa shape index (κ2) is 8.58. The topological polar surface area (TPSA) is 105 Å². The Hall–Kier alpha value is -3.47. The zero-order valence-electron chi connectivity index (χ0n) is 14.0. The fraction of sp³-hybridized carbons (Fsp3) is 0.222. The SMILES string of the molecule is CCOC(=O)/C(C#N)=C\c1cn(CCC(=O)O)nc1-c1ccc(F)cc1. The highest BCUT2D eigenvalue weighted by molar-refractivity contribution is 5.98. The number of hydrogen-bond donors (Lipinski definition) is 1. The number of rotatable bonds is 7. The van der Waals surface area contributed by atoms with Crippen LogP contribution in [0.2, 0.25) is 0 Å². The number of nitrogens with zero attached hydrogens (tertiary/aromatic N) is 3. The van der Waals surface area contributed by atoms with Crippen LogP contribution in [0.15, 0.2) is 36.0 Å². The van der Waals surface area contributed by atoms with E-state index in [-0.39, 0.29) is 25.1 Å². The molecule has 0 bridgehead atoms. The summed E-state index contributed by atoms with van der Waals surface area (Å²) in [4.78, 5) is 22.6. The quantitative estimate of drug-likeness (QED) is 0.464. The maximum absolute atomic E-state index is 13.2. The van der Waals surface area contributed by atoms with Crippen LogP contribution in [-0.2, 0) is 20.9 Å². The van der Waals surface area contributed by atoms with Crippen molar-refractivity contribution in [3.63, 3.8) is 0 Å². The van der Waals surface area contributed by atoms with E-state index in [0.717, 1.165) is 0 Å². The Balaban J connectivity index is 2.47. The van der Waals surface area contributed by atoms with Crippen LogP contribution in [-0.4, -0.2) is 33.4 Å². The van der Waals surface area contributed by atoms with Crippen LogP contribution in [0.25, 0.3) is 17.3 Å². The van der Waals surface area contributed by atoms with Crippen LogP contribution in [0, 0.1) is 17.1 Å². The normalized spacial score (nSPS) is 11.0. The van der Waals surface area contributed by atoms with Crippen molar-refractivity contribution in [2.24, 2.45) is 0 Å². The summed E-state index contributed by atoms with van der Waals surface area (Å²) < 4.78 is 19.4. The average molecular weight is 357 g/mol. The highest BCUT2D eigenvalue weighted by Gasteiger charge is 2.15. The standard InChI is InChI=1S/C18H16FN3O4/c1-2-26-18(25)13(10-20)9-14-11-22(8-7-16(23)24)21-17(14)12-3-5-15(19)6-4-12/h3-6,9,11H,2,7-8H2,1H3,(H,23,24)/b13-9-. The largest absolute Gasteiger partial charge is 0.481 e. The number of carbonyl (C=O) groups excluding carboxylic acids is 1. The number of carbonyl (C=O) groups is 2. The van der Waals surface area contributed by atoms with Crippen molar-refractivity contribution in [1.82, 2.24) is 9.78 Å². The number of aryl methyl sites for hydroxylation is 1. The first-order valence-corrected chi connectivity index (χ1v) is 7.78. The van der Waals surface area contributed by atoms with Gasteiger partial charge in [-0.25, -0.2) is 9.18 Å². The lowest BCUT2D eigenvalue weighted by Crippen LogP contribution is -2.06. The number of halogens is 1. The lowest BCUT2D eigenvalue weighted by Gasteiger charge is -2.01. The predicted molar refractivity (Wildman–Crippen MR) is 90.1 cm³/mol. The molecule has 0 amide bonds. The minimum atomic E-state index is -0.981. The molecule has 2 rings (SSSR count). The van der Waals surface area contributed by atoms with E-state index in [0.29, 0.717) is 16.8 Å². The van der Waals surface area contributed by atoms with Gasteiger partial charge in [-0.3, -0.25) is 9.48 Å². The molecule has 0 spiro atoms. The monoisotopic (exact) mass is 357 g/mol. The maximum atomic E-state index is 13.2. The molecule has 0 aliphatic heterocycles. The van der Waals surface area contributed by atoms with Crippen LogP contribution in [0.1, 0.15) is 18.9 Å². The van der Waals surface area contributed by atoms with E-state index in [1.165, 1.54) is 41.2 Å². The molecule has 0 aliphatic carbocycles. The molecule has 1 aromatic carbocycles. The third kappa shape index (κ3) is 4.77. The van der Waals surface area contributed by atoms with E-state index in [2.05, 4.69) is 5.10 Å². The van der Waals surface area contributed by atoms with E-state index >= 15 is 0 Å². The Labute approximate surface area is 148 Å². The van der Waals surface area contributed by atoms with Gasteiger partial charge in [0.2, 0.25) is 0 Å². The Bertz CT molecular complexity index is 879. The number of nitriles is 1. The lowest BCUT2D eigenvalue weighted by molar-refractivity contribution is -0.138. The summed E-state index contributed by atoms with van der Waals surface area (Å²) >= 11 is 0. The molecular formula is C18H16FN3O4. The van der Waals surface area contributed by atoms with Crippen molar-refractivity contribution in [3.8, 4) is 17.3 Å². The van der Waals surface area contributed by atoms with Crippen molar-refractivity contribution in [2.45, 2.75) is 19.9 Å². The molecule has 1 heterocycles. The Kier molecular flexibility index (Phi) is 6.22. The summed E-state index contributed by atoms with van der Waals surface area (Å²) in [6, 6.07) is 7.31. The second-order valence-electron chi connectivity index (χ2n) is 5.24. The molecule has 0 atom stereocenters. The maximum Gasteiger partial charge on any atom is 0.348 e. The van der Waals surface area contributed by atoms with Gasteiger partial charge in [0.25, 0.3) is 0 Å². The average Bonchev–Trinajstić information content (AvgIpc) is 3.01. The van der Waals surface area contributed by atoms with Gasteiger partial charge in [-0.05, 0) is 37.3 Å². The van der Waals surface area contributed by atoms with Crippen molar-refractivity contribution >= 4 is 18.0 Å². The highest BCUT2D eigenvalue weighted by atomic mass is 19.1. The predicted octanol–water partition coefficient (Wildman–Crippen LogP) is 2.63. The van der Waals surface area contributed by atoms with Crippen LogP contribution < -0.4 is 0 Å². The van der Waals surface area contributed by atoms with Gasteiger partial charge >= 0.3 is 11.9 Å². The molecule has 134 valence electrons. The van der Waals surface area contributed by atoms with Crippen LogP contribution in [0.3, 0.4) is 0 Å². The molecule has 0 saturated carbocycles. The zero-order valence-corrected chi connectivity index (χ0v) is 14.0. The van der Waals surface area contributed by atoms with E-state index in [1.807, 2.05) is 0 Å². The molecule has 8 heteroatoms. The molecule has 2 aromatic rings. The van der Waals surface area contributed by atoms with Gasteiger partial charge in [0.1, 0.15) is 17.5 Å². The van der Waals surface area contributed by atoms with Crippen LogP contribution in [0.5, 0.6) is 0 Å². The highest BCUT2D eigenvalue weighted by Crippen LogP contribution is 2.25. The van der Waals surface area contributed by atoms with Crippen molar-refractivity contribution in [2.75, 3.05) is 6.61 Å². The molecule has 0 fully saturated rings. The van der Waals surface area contributed by atoms with Gasteiger partial charge in [0.15, 0.2) is 0 Å². The summed E-state index contributed by atoms with van der Waals surface area (Å²) in [5.41, 5.74) is 1.17. The van der Waals surface area contributed by atoms with Crippen LogP contribution >= 0.6 is 0 Å². The minimum Gasteiger partial charge on any atom is -0.481 e. The zero-order chi connectivity index (χ0) is 19.1. The summed E-state index contributed by atoms with van der Waals surface area (Å²) in [5, 5.41) is 22.3. The second-order valence-corrected chi connectivity index (χ2v) is 5.24. The Morgan fingerprint density at radius 2 is 2.08 bits per heavy atom. The Morgan fingerprint density at radius 1 is 1.38 bits per heavy atom. The van der Waals surface area contributed by atoms with Gasteiger partial charge in [-0.2, -0.15) is 10.4 Å². The van der Waals surface area contributed by atoms with Gasteiger partial charge in [-0.15, -0.1) is 0 Å². The number of carboxylic acid groups (broad SMARTS) is 1. The van der Waals surface area contributed by atoms with E-state index < -0.39 is 17.8 Å². The Morgan fingerprint density at radius 3 is 2.65 bits per heavy atom. The molecule has 26 heavy (non-hydrogen) atoms. The van der Waals surface area contributed by atoms with Gasteiger partial charge < -0.3 is 9.84 Å². The molecule has 0 aliphatic rings. The third-order valence-corrected chi connectivity index (χ3v) is 3.38. The third-order valence-electron chi connectivity index (χ3n) is 3.38. The molecule has 1 aromatic heterocycles. The number of esters is 1. The summed E-state index contributed by atoms with van der Waals surface area (Å²) in [6.07, 6.45) is 2.70. The van der Waals surface area contributed by atoms with E-state index in [1.54, 1.807) is 13.0 Å². The fourth-order valence-electron chi connectivity index (χ4n) is 2.20. The molecule has 0 radical (unpaired) electrons. The molecule has 1 N–H and O–H groups in total. The van der Waals surface area contributed by atoms with Crippen molar-refractivity contribution in [1.29, 1.82) is 5.26 Å². The van der Waals surface area contributed by atoms with Gasteiger partial charge in [-0.1, -0.05) is 0 Å². The number of benzene rings is 1. The van der Waals surface area contributed by atoms with E-state index in [4.69, 9.17) is 9.84 Å². The molecule has 7 nitrogen and oxygen atoms in total. The number of hydrogen-bond acceptors (Lipinski definition) is 5. The van der Waals surface area contributed by atoms with E-state index in [9.17, 15) is 19.2 Å². The first-order valence-electron chi connectivity index (χ1n) is 7.78. The lowest BCUT2D eigenvalue weighted by atomic mass is 10.1. The fourth-order valence-corrected chi connectivity index (χ4v) is 2.20. The van der Waals surface area contributed by atoms with Crippen molar-refractivity contribution < 1.29 is 23.8 Å². The van der Waals surface area contributed by atoms with Crippen LogP contribution in [0.4, 0.5) is 4.39 Å². The smallest absolute Gasteiger partial charge is 0.348 e. The number of ether oxygens (including phenoxy) is 1. The number of aromatic nitrogens is 2. The molecule has 0 saturated heterocycles. The first kappa shape index (κ1) is 18.9. The van der Waals surface area contributed by atoms with Gasteiger partial charge in [0.05, 0.1) is 25.3 Å². The summed E-state index contributed by atoms with van der Waals surface area (Å²) in [5.74, 6) is -2.16. The summed E-state index contributed by atoms with van der Waals surface area (Å²) in [6.45, 7) is 1.86. The minimum absolute atomic E-state index is 0.110. The number of aliphatic carboxylic acids is 1. The van der Waals surface area contributed by atoms with Gasteiger partial charge in [0, 0.05) is 17.3 Å². The molecular weight excluding hydrogens is 341 g/mol. The summed E-state index contributed by atoms with van der Waals surface area (Å²) in [7, 11) is 0. The first-order chi connectivity index (χ1) is 12.4. The number of carboxylic acids is 1. The van der Waals surface area contributed by atoms with Crippen molar-refractivity contribution in [3.05, 3.63) is 47.4 Å². The molecule has 0 unspecified atom stereocenters.